The van der Waals surface area contributed by atoms with Gasteiger partial charge in [0.1, 0.15) is 0 Å². The molecule has 0 fully saturated rings. The zero-order chi connectivity index (χ0) is 41.4. The van der Waals surface area contributed by atoms with Gasteiger partial charge in [-0.25, -0.2) is 0 Å². The Hall–Kier alpha value is 1.07. The number of carbonyl (C=O) groups excluding carboxylic acids is 1. The average Bonchev–Trinajstić information content (AvgIpc) is 3.21. The molecule has 0 aromatic carbocycles. The molecule has 0 spiro atoms. The predicted molar refractivity (Wildman–Crippen MR) is 254 cm³/mol. The fourth-order valence-corrected chi connectivity index (χ4v) is 9.25. The quantitative estimate of drug-likeness (QED) is 0.0453. The van der Waals surface area contributed by atoms with E-state index in [0.29, 0.717) is 6.04 Å². The minimum absolute atomic E-state index is 0. The van der Waals surface area contributed by atoms with Crippen molar-refractivity contribution in [1.29, 1.82) is 0 Å². The smallest absolute Gasteiger partial charge is 0.550 e. The van der Waals surface area contributed by atoms with E-state index < -0.39 is 5.97 Å². The summed E-state index contributed by atoms with van der Waals surface area (Å²) in [5.41, 5.74) is 0. The van der Waals surface area contributed by atoms with Gasteiger partial charge in [0, 0.05) is 12.0 Å². The summed E-state index contributed by atoms with van der Waals surface area (Å²) in [6.45, 7) is 9.13. The summed E-state index contributed by atoms with van der Waals surface area (Å²) in [6.07, 6.45) is 64.7. The fourth-order valence-electron chi connectivity index (χ4n) is 9.25. The first kappa shape index (κ1) is 61.2. The average molecular weight is 843 g/mol. The van der Waals surface area contributed by atoms with E-state index in [1.807, 2.05) is 0 Å². The Morgan fingerprint density at radius 3 is 0.707 bits per heavy atom. The Morgan fingerprint density at radius 2 is 0.534 bits per heavy atom. The Bertz CT molecular complexity index is 699. The van der Waals surface area contributed by atoms with E-state index >= 15 is 0 Å². The Labute approximate surface area is 410 Å². The van der Waals surface area contributed by atoms with E-state index in [4.69, 9.17) is 0 Å². The molecular weight excluding hydrogens is 734 g/mol. The van der Waals surface area contributed by atoms with Gasteiger partial charge in [-0.05, 0) is 45.2 Å². The van der Waals surface area contributed by atoms with Crippen LogP contribution in [-0.4, -0.2) is 30.0 Å². The minimum Gasteiger partial charge on any atom is -0.550 e. The van der Waals surface area contributed by atoms with Crippen LogP contribution in [0.1, 0.15) is 323 Å². The largest absolute Gasteiger partial charge is 1.00 e. The molecule has 0 saturated carbocycles. The monoisotopic (exact) mass is 842 g/mol. The molecule has 1 atom stereocenters. The summed E-state index contributed by atoms with van der Waals surface area (Å²) >= 11 is 0. The van der Waals surface area contributed by atoms with Gasteiger partial charge >= 0.3 is 51.4 Å². The minimum atomic E-state index is -0.887. The van der Waals surface area contributed by atoms with Gasteiger partial charge in [0.15, 0.2) is 0 Å². The third-order valence-electron chi connectivity index (χ3n) is 13.3. The van der Waals surface area contributed by atoms with Crippen LogP contribution < -0.4 is 56.5 Å². The second-order valence-electron chi connectivity index (χ2n) is 18.9. The van der Waals surface area contributed by atoms with Gasteiger partial charge in [0.2, 0.25) is 0 Å². The second kappa shape index (κ2) is 54.2. The molecule has 0 N–H and O–H groups in total. The maximum absolute atomic E-state index is 11.2. The summed E-state index contributed by atoms with van der Waals surface area (Å²) in [6, 6.07) is 0.396. The summed E-state index contributed by atoms with van der Waals surface area (Å²) in [5.74, 6) is -0.887. The van der Waals surface area contributed by atoms with Crippen molar-refractivity contribution < 1.29 is 61.3 Å². The summed E-state index contributed by atoms with van der Waals surface area (Å²) in [7, 11) is 0. The molecule has 0 saturated heterocycles. The van der Waals surface area contributed by atoms with Gasteiger partial charge in [-0.15, -0.1) is 0 Å². The van der Waals surface area contributed by atoms with Crippen molar-refractivity contribution in [1.82, 2.24) is 4.90 Å². The number of carboxylic acids is 1. The Morgan fingerprint density at radius 1 is 0.345 bits per heavy atom. The van der Waals surface area contributed by atoms with Gasteiger partial charge in [-0.1, -0.05) is 290 Å². The third kappa shape index (κ3) is 49.7. The van der Waals surface area contributed by atoms with Crippen molar-refractivity contribution in [2.45, 2.75) is 329 Å². The van der Waals surface area contributed by atoms with E-state index in [9.17, 15) is 9.90 Å². The third-order valence-corrected chi connectivity index (χ3v) is 13.3. The number of carboxylic acid groups (broad SMARTS) is 1. The van der Waals surface area contributed by atoms with Crippen LogP contribution in [-0.2, 0) is 4.79 Å². The Balaban J connectivity index is 0. The molecule has 0 amide bonds. The molecule has 0 radical (unpaired) electrons. The van der Waals surface area contributed by atoms with Crippen molar-refractivity contribution >= 4 is 5.97 Å². The summed E-state index contributed by atoms with van der Waals surface area (Å²) in [4.78, 5) is 13.9. The summed E-state index contributed by atoms with van der Waals surface area (Å²) in [5, 5.41) is 11.2. The van der Waals surface area contributed by atoms with Gasteiger partial charge in [-0.2, -0.15) is 0 Å². The van der Waals surface area contributed by atoms with E-state index in [0.717, 1.165) is 25.9 Å². The summed E-state index contributed by atoms with van der Waals surface area (Å²) < 4.78 is 0. The van der Waals surface area contributed by atoms with Crippen LogP contribution in [0.4, 0.5) is 0 Å². The Kier molecular flexibility index (Phi) is 57.1. The fraction of sp³-hybridized carbons (Fsp3) is 0.981. The van der Waals surface area contributed by atoms with Crippen molar-refractivity contribution in [2.75, 3.05) is 13.1 Å². The molecule has 0 heterocycles. The molecule has 0 aromatic heterocycles. The van der Waals surface area contributed by atoms with Gasteiger partial charge < -0.3 is 14.8 Å². The number of hydrogen-bond donors (Lipinski definition) is 0. The van der Waals surface area contributed by atoms with Crippen molar-refractivity contribution in [3.8, 4) is 0 Å². The normalized spacial score (nSPS) is 12.1. The van der Waals surface area contributed by atoms with Crippen LogP contribution in [0.5, 0.6) is 0 Å². The van der Waals surface area contributed by atoms with Crippen LogP contribution in [0.3, 0.4) is 0 Å². The standard InChI is InChI=1S/C54H109NO2.K/c1-4-7-9-11-13-15-17-19-21-23-25-27-29-31-33-35-37-39-41-43-45-47-51-55(53(6-3)49-50-54(56)57)52-48-46-44-42-40-38-36-34-32-30-28-26-24-22-20-18-16-14-12-10-8-5-2;/h53H,4-52H2,1-3H3,(H,56,57);/q;+1/p-1. The molecule has 4 heteroatoms. The topological polar surface area (TPSA) is 43.4 Å². The van der Waals surface area contributed by atoms with E-state index in [1.165, 1.54) is 283 Å². The number of rotatable bonds is 51. The number of carbonyl (C=O) groups is 1. The van der Waals surface area contributed by atoms with Crippen LogP contribution >= 0.6 is 0 Å². The molecule has 58 heavy (non-hydrogen) atoms. The van der Waals surface area contributed by atoms with Crippen LogP contribution in [0.2, 0.25) is 0 Å². The number of hydrogen-bond acceptors (Lipinski definition) is 3. The van der Waals surface area contributed by atoms with E-state index in [2.05, 4.69) is 25.7 Å². The molecule has 0 aliphatic rings. The molecule has 0 aromatic rings. The molecule has 1 unspecified atom stereocenters. The van der Waals surface area contributed by atoms with Gasteiger partial charge in [-0.3, -0.25) is 0 Å². The molecular formula is C54H108KNO2. The van der Waals surface area contributed by atoms with Crippen LogP contribution in [0.15, 0.2) is 0 Å². The predicted octanol–water partition coefficient (Wildman–Crippen LogP) is 14.8. The number of nitrogens with zero attached hydrogens (tertiary/aromatic N) is 1. The van der Waals surface area contributed by atoms with Crippen molar-refractivity contribution in [3.63, 3.8) is 0 Å². The molecule has 0 aliphatic carbocycles. The SMILES string of the molecule is CCCCCCCCCCCCCCCCCCCCCCCCN(CCCCCCCCCCCCCCCCCCCCCCCC)C(CC)CCC(=O)[O-].[K+]. The number of unbranched alkanes of at least 4 members (excludes halogenated alkanes) is 42. The zero-order valence-electron chi connectivity index (χ0n) is 41.0. The maximum Gasteiger partial charge on any atom is 1.00 e. The van der Waals surface area contributed by atoms with E-state index in [1.54, 1.807) is 0 Å². The van der Waals surface area contributed by atoms with Crippen LogP contribution in [0.25, 0.3) is 0 Å². The molecule has 342 valence electrons. The molecule has 3 nitrogen and oxygen atoms in total. The second-order valence-corrected chi connectivity index (χ2v) is 18.9. The maximum atomic E-state index is 11.2. The van der Waals surface area contributed by atoms with Crippen LogP contribution in [0, 0.1) is 0 Å². The first-order valence-electron chi connectivity index (χ1n) is 27.1. The van der Waals surface area contributed by atoms with Crippen molar-refractivity contribution in [3.05, 3.63) is 0 Å². The van der Waals surface area contributed by atoms with E-state index in [-0.39, 0.29) is 57.8 Å². The first-order valence-corrected chi connectivity index (χ1v) is 27.1. The molecule has 0 bridgehead atoms. The first-order chi connectivity index (χ1) is 28.2. The number of aliphatic carboxylic acids is 1. The molecule has 0 aliphatic heterocycles. The van der Waals surface area contributed by atoms with Gasteiger partial charge in [0.05, 0.1) is 0 Å². The zero-order valence-corrected chi connectivity index (χ0v) is 44.1. The van der Waals surface area contributed by atoms with Gasteiger partial charge in [0.25, 0.3) is 0 Å². The molecule has 0 rings (SSSR count). The van der Waals surface area contributed by atoms with Crippen molar-refractivity contribution in [2.24, 2.45) is 0 Å².